The number of nitro benzene ring substituents is 1. The highest BCUT2D eigenvalue weighted by atomic mass is 16.6. The van der Waals surface area contributed by atoms with E-state index in [9.17, 15) is 10.1 Å². The summed E-state index contributed by atoms with van der Waals surface area (Å²) in [6, 6.07) is 14.5. The fraction of sp³-hybridized carbons (Fsp3) is 0.211. The number of benzene rings is 1. The largest absolute Gasteiger partial charge is 0.366 e. The Bertz CT molecular complexity index is 959. The van der Waals surface area contributed by atoms with Gasteiger partial charge in [0.2, 0.25) is 5.95 Å². The van der Waals surface area contributed by atoms with Crippen molar-refractivity contribution in [2.24, 2.45) is 0 Å². The molecule has 1 aliphatic rings. The van der Waals surface area contributed by atoms with Crippen LogP contribution in [0.1, 0.15) is 18.4 Å². The van der Waals surface area contributed by atoms with E-state index in [-0.39, 0.29) is 5.69 Å². The van der Waals surface area contributed by atoms with Crippen LogP contribution in [0.15, 0.2) is 54.7 Å². The second-order valence-corrected chi connectivity index (χ2v) is 6.38. The first-order valence-electron chi connectivity index (χ1n) is 8.71. The van der Waals surface area contributed by atoms with Crippen LogP contribution in [0.25, 0.3) is 11.4 Å². The third-order valence-corrected chi connectivity index (χ3v) is 4.16. The molecule has 4 rings (SSSR count). The van der Waals surface area contributed by atoms with Crippen molar-refractivity contribution >= 4 is 17.5 Å². The molecule has 2 heterocycles. The van der Waals surface area contributed by atoms with Crippen molar-refractivity contribution in [2.45, 2.75) is 25.4 Å². The van der Waals surface area contributed by atoms with E-state index in [1.807, 2.05) is 30.3 Å². The van der Waals surface area contributed by atoms with Crippen LogP contribution in [0.4, 0.5) is 17.5 Å². The lowest BCUT2D eigenvalue weighted by Gasteiger charge is -2.11. The van der Waals surface area contributed by atoms with Crippen molar-refractivity contribution in [2.75, 3.05) is 10.6 Å². The van der Waals surface area contributed by atoms with Gasteiger partial charge in [0.25, 0.3) is 5.69 Å². The van der Waals surface area contributed by atoms with Gasteiger partial charge in [-0.2, -0.15) is 4.98 Å². The Morgan fingerprint density at radius 1 is 1.07 bits per heavy atom. The predicted octanol–water partition coefficient (Wildman–Crippen LogP) is 3.63. The number of nitrogens with zero attached hydrogens (tertiary/aromatic N) is 4. The molecule has 1 aromatic carbocycles. The summed E-state index contributed by atoms with van der Waals surface area (Å²) in [5.74, 6) is 1.20. The lowest BCUT2D eigenvalue weighted by Crippen LogP contribution is -2.09. The van der Waals surface area contributed by atoms with Crippen LogP contribution in [0.2, 0.25) is 0 Å². The van der Waals surface area contributed by atoms with Crippen molar-refractivity contribution in [3.05, 3.63) is 70.4 Å². The lowest BCUT2D eigenvalue weighted by molar-refractivity contribution is -0.384. The van der Waals surface area contributed by atoms with Gasteiger partial charge >= 0.3 is 0 Å². The maximum absolute atomic E-state index is 10.9. The van der Waals surface area contributed by atoms with Gasteiger partial charge in [0.1, 0.15) is 5.82 Å². The van der Waals surface area contributed by atoms with Crippen molar-refractivity contribution in [1.29, 1.82) is 0 Å². The van der Waals surface area contributed by atoms with E-state index in [0.717, 1.165) is 29.8 Å². The van der Waals surface area contributed by atoms with Gasteiger partial charge in [-0.05, 0) is 30.5 Å². The average Bonchev–Trinajstić information content (AvgIpc) is 3.51. The normalized spacial score (nSPS) is 13.2. The second kappa shape index (κ2) is 7.36. The zero-order chi connectivity index (χ0) is 18.6. The molecule has 27 heavy (non-hydrogen) atoms. The molecule has 0 unspecified atom stereocenters. The molecule has 0 spiro atoms. The minimum absolute atomic E-state index is 0.0715. The summed E-state index contributed by atoms with van der Waals surface area (Å²) >= 11 is 0. The molecule has 2 N–H and O–H groups in total. The first-order chi connectivity index (χ1) is 13.2. The van der Waals surface area contributed by atoms with Crippen LogP contribution in [0.3, 0.4) is 0 Å². The molecular formula is C19H18N6O2. The molecule has 8 nitrogen and oxygen atoms in total. The van der Waals surface area contributed by atoms with Crippen LogP contribution in [-0.2, 0) is 6.54 Å². The Kier molecular flexibility index (Phi) is 4.61. The number of pyridine rings is 1. The molecule has 0 bridgehead atoms. The molecule has 1 saturated carbocycles. The van der Waals surface area contributed by atoms with Crippen molar-refractivity contribution in [3.8, 4) is 11.4 Å². The molecule has 1 aliphatic carbocycles. The number of rotatable bonds is 7. The minimum Gasteiger partial charge on any atom is -0.366 e. The summed E-state index contributed by atoms with van der Waals surface area (Å²) in [6.07, 6.45) is 3.96. The maximum atomic E-state index is 10.9. The van der Waals surface area contributed by atoms with Gasteiger partial charge in [0, 0.05) is 37.0 Å². The molecule has 0 saturated heterocycles. The number of hydrogen-bond donors (Lipinski definition) is 2. The van der Waals surface area contributed by atoms with Crippen LogP contribution < -0.4 is 10.6 Å². The van der Waals surface area contributed by atoms with Crippen molar-refractivity contribution in [1.82, 2.24) is 15.0 Å². The first kappa shape index (κ1) is 16.9. The van der Waals surface area contributed by atoms with E-state index in [0.29, 0.717) is 24.4 Å². The Labute approximate surface area is 155 Å². The number of non-ortho nitro benzene ring substituents is 1. The van der Waals surface area contributed by atoms with Gasteiger partial charge in [-0.15, -0.1) is 0 Å². The van der Waals surface area contributed by atoms with Gasteiger partial charge in [-0.25, -0.2) is 4.98 Å². The summed E-state index contributed by atoms with van der Waals surface area (Å²) in [7, 11) is 0. The van der Waals surface area contributed by atoms with E-state index in [4.69, 9.17) is 0 Å². The quantitative estimate of drug-likeness (QED) is 0.488. The molecule has 1 fully saturated rings. The van der Waals surface area contributed by atoms with Crippen LogP contribution in [0.5, 0.6) is 0 Å². The fourth-order valence-corrected chi connectivity index (χ4v) is 2.63. The van der Waals surface area contributed by atoms with E-state index < -0.39 is 4.92 Å². The topological polar surface area (TPSA) is 106 Å². The number of aromatic nitrogens is 3. The Balaban J connectivity index is 1.57. The molecule has 8 heteroatoms. The molecule has 0 radical (unpaired) electrons. The number of hydrogen-bond acceptors (Lipinski definition) is 7. The van der Waals surface area contributed by atoms with E-state index in [1.165, 1.54) is 6.07 Å². The third kappa shape index (κ3) is 4.35. The van der Waals surface area contributed by atoms with Gasteiger partial charge in [-0.1, -0.05) is 18.2 Å². The van der Waals surface area contributed by atoms with E-state index >= 15 is 0 Å². The van der Waals surface area contributed by atoms with Crippen LogP contribution in [0, 0.1) is 10.1 Å². The van der Waals surface area contributed by atoms with Gasteiger partial charge < -0.3 is 10.6 Å². The fourth-order valence-electron chi connectivity index (χ4n) is 2.63. The standard InChI is InChI=1S/C19H18N6O2/c26-25(27)15-5-3-4-13(10-15)12-21-18-11-17(16-6-1-2-9-20-16)23-19(24-18)22-14-7-8-14/h1-6,9-11,14H,7-8,12H2,(H2,21,22,23,24). The van der Waals surface area contributed by atoms with Gasteiger partial charge in [0.15, 0.2) is 0 Å². The molecule has 136 valence electrons. The number of nitrogens with one attached hydrogen (secondary N) is 2. The first-order valence-corrected chi connectivity index (χ1v) is 8.71. The molecular weight excluding hydrogens is 344 g/mol. The predicted molar refractivity (Wildman–Crippen MR) is 102 cm³/mol. The maximum Gasteiger partial charge on any atom is 0.269 e. The summed E-state index contributed by atoms with van der Waals surface area (Å²) in [5.41, 5.74) is 2.36. The third-order valence-electron chi connectivity index (χ3n) is 4.16. The number of nitro groups is 1. The summed E-state index contributed by atoms with van der Waals surface area (Å²) in [4.78, 5) is 24.0. The zero-order valence-corrected chi connectivity index (χ0v) is 14.5. The molecule has 2 aromatic heterocycles. The Morgan fingerprint density at radius 2 is 1.96 bits per heavy atom. The van der Waals surface area contributed by atoms with Crippen molar-refractivity contribution < 1.29 is 4.92 Å². The highest BCUT2D eigenvalue weighted by molar-refractivity contribution is 5.61. The Morgan fingerprint density at radius 3 is 2.70 bits per heavy atom. The molecule has 0 atom stereocenters. The average molecular weight is 362 g/mol. The highest BCUT2D eigenvalue weighted by Crippen LogP contribution is 2.26. The SMILES string of the molecule is O=[N+]([O-])c1cccc(CNc2cc(-c3ccccn3)nc(NC3CC3)n2)c1. The van der Waals surface area contributed by atoms with Crippen LogP contribution in [-0.4, -0.2) is 25.9 Å². The summed E-state index contributed by atoms with van der Waals surface area (Å²) < 4.78 is 0. The smallest absolute Gasteiger partial charge is 0.269 e. The minimum atomic E-state index is -0.398. The van der Waals surface area contributed by atoms with E-state index in [2.05, 4.69) is 25.6 Å². The van der Waals surface area contributed by atoms with E-state index in [1.54, 1.807) is 18.3 Å². The van der Waals surface area contributed by atoms with Crippen LogP contribution >= 0.6 is 0 Å². The van der Waals surface area contributed by atoms with Gasteiger partial charge in [-0.3, -0.25) is 15.1 Å². The Hall–Kier alpha value is -3.55. The number of anilines is 2. The highest BCUT2D eigenvalue weighted by Gasteiger charge is 2.22. The van der Waals surface area contributed by atoms with Gasteiger partial charge in [0.05, 0.1) is 16.3 Å². The summed E-state index contributed by atoms with van der Waals surface area (Å²) in [6.45, 7) is 0.420. The zero-order valence-electron chi connectivity index (χ0n) is 14.5. The molecule has 3 aromatic rings. The lowest BCUT2D eigenvalue weighted by atomic mass is 10.2. The summed E-state index contributed by atoms with van der Waals surface area (Å²) in [5, 5.41) is 17.5. The molecule has 0 aliphatic heterocycles. The monoisotopic (exact) mass is 362 g/mol. The molecule has 0 amide bonds. The van der Waals surface area contributed by atoms with Crippen molar-refractivity contribution in [3.63, 3.8) is 0 Å². The second-order valence-electron chi connectivity index (χ2n) is 6.38.